The van der Waals surface area contributed by atoms with Crippen LogP contribution in [0.5, 0.6) is 0 Å². The Labute approximate surface area is 88.6 Å². The summed E-state index contributed by atoms with van der Waals surface area (Å²) >= 11 is 0. The zero-order valence-electron chi connectivity index (χ0n) is 10.3. The molecule has 0 saturated carbocycles. The minimum absolute atomic E-state index is 0.153. The van der Waals surface area contributed by atoms with Crippen molar-refractivity contribution in [2.24, 2.45) is 11.3 Å². The van der Waals surface area contributed by atoms with Gasteiger partial charge in [-0.25, -0.2) is 0 Å². The van der Waals surface area contributed by atoms with Gasteiger partial charge in [0, 0.05) is 11.3 Å². The van der Waals surface area contributed by atoms with Crippen molar-refractivity contribution in [3.05, 3.63) is 12.2 Å². The average molecular weight is 196 g/mol. The van der Waals surface area contributed by atoms with Crippen LogP contribution < -0.4 is 0 Å². The van der Waals surface area contributed by atoms with E-state index in [9.17, 15) is 4.79 Å². The molecule has 0 aliphatic carbocycles. The molecule has 0 atom stereocenters. The van der Waals surface area contributed by atoms with E-state index in [0.717, 1.165) is 19.3 Å². The number of ketones is 1. The number of hydrogen-bond donors (Lipinski definition) is 0. The van der Waals surface area contributed by atoms with Crippen molar-refractivity contribution < 1.29 is 4.79 Å². The normalized spacial score (nSPS) is 12.7. The Morgan fingerprint density at radius 1 is 1.29 bits per heavy atom. The lowest BCUT2D eigenvalue weighted by Gasteiger charge is -2.24. The lowest BCUT2D eigenvalue weighted by molar-refractivity contribution is -0.130. The molecule has 0 spiro atoms. The van der Waals surface area contributed by atoms with Gasteiger partial charge in [-0.1, -0.05) is 46.8 Å². The Morgan fingerprint density at radius 3 is 2.29 bits per heavy atom. The predicted molar refractivity (Wildman–Crippen MR) is 62.3 cm³/mol. The highest BCUT2D eigenvalue weighted by Gasteiger charge is 2.28. The number of allylic oxidation sites excluding steroid dienone is 2. The smallest absolute Gasteiger partial charge is 0.141 e. The van der Waals surface area contributed by atoms with E-state index in [2.05, 4.69) is 32.9 Å². The number of carbonyl (C=O) groups is 1. The largest absolute Gasteiger partial charge is 0.299 e. The maximum Gasteiger partial charge on any atom is 0.141 e. The molecule has 0 aliphatic rings. The SMILES string of the molecule is CC/C=C\CCC(C)(C)C(=O)C(C)C. The molecule has 0 amide bonds. The Morgan fingerprint density at radius 2 is 1.86 bits per heavy atom. The van der Waals surface area contributed by atoms with E-state index < -0.39 is 0 Å². The summed E-state index contributed by atoms with van der Waals surface area (Å²) in [6, 6.07) is 0. The van der Waals surface area contributed by atoms with Gasteiger partial charge in [-0.15, -0.1) is 0 Å². The molecule has 14 heavy (non-hydrogen) atoms. The van der Waals surface area contributed by atoms with Gasteiger partial charge in [0.25, 0.3) is 0 Å². The fraction of sp³-hybridized carbons (Fsp3) is 0.769. The summed E-state index contributed by atoms with van der Waals surface area (Å²) in [6.07, 6.45) is 7.39. The van der Waals surface area contributed by atoms with Crippen molar-refractivity contribution in [2.75, 3.05) is 0 Å². The zero-order valence-corrected chi connectivity index (χ0v) is 10.3. The average Bonchev–Trinajstić information content (AvgIpc) is 2.11. The zero-order chi connectivity index (χ0) is 11.2. The molecular weight excluding hydrogens is 172 g/mol. The van der Waals surface area contributed by atoms with Gasteiger partial charge in [-0.05, 0) is 19.3 Å². The van der Waals surface area contributed by atoms with Crippen LogP contribution in [-0.2, 0) is 4.79 Å². The first-order valence-electron chi connectivity index (χ1n) is 5.61. The van der Waals surface area contributed by atoms with E-state index in [1.54, 1.807) is 0 Å². The minimum atomic E-state index is -0.160. The lowest BCUT2D eigenvalue weighted by atomic mass is 9.79. The van der Waals surface area contributed by atoms with Crippen molar-refractivity contribution in [1.82, 2.24) is 0 Å². The van der Waals surface area contributed by atoms with E-state index in [1.165, 1.54) is 0 Å². The molecule has 1 nitrogen and oxygen atoms in total. The predicted octanol–water partition coefficient (Wildman–Crippen LogP) is 3.98. The van der Waals surface area contributed by atoms with Gasteiger partial charge in [0.1, 0.15) is 5.78 Å². The summed E-state index contributed by atoms with van der Waals surface area (Å²) in [7, 11) is 0. The topological polar surface area (TPSA) is 17.1 Å². The number of carbonyl (C=O) groups excluding carboxylic acids is 1. The van der Waals surface area contributed by atoms with Crippen LogP contribution in [0.3, 0.4) is 0 Å². The van der Waals surface area contributed by atoms with Gasteiger partial charge in [-0.3, -0.25) is 4.79 Å². The van der Waals surface area contributed by atoms with Crippen LogP contribution in [0.1, 0.15) is 53.9 Å². The van der Waals surface area contributed by atoms with Gasteiger partial charge >= 0.3 is 0 Å². The highest BCUT2D eigenvalue weighted by atomic mass is 16.1. The first kappa shape index (κ1) is 13.4. The van der Waals surface area contributed by atoms with Crippen molar-refractivity contribution in [3.8, 4) is 0 Å². The maximum absolute atomic E-state index is 11.8. The summed E-state index contributed by atoms with van der Waals surface area (Å²) < 4.78 is 0. The van der Waals surface area contributed by atoms with Crippen LogP contribution in [0.4, 0.5) is 0 Å². The minimum Gasteiger partial charge on any atom is -0.299 e. The first-order valence-corrected chi connectivity index (χ1v) is 5.61. The lowest BCUT2D eigenvalue weighted by Crippen LogP contribution is -2.28. The van der Waals surface area contributed by atoms with Crippen molar-refractivity contribution in [3.63, 3.8) is 0 Å². The van der Waals surface area contributed by atoms with E-state index in [4.69, 9.17) is 0 Å². The maximum atomic E-state index is 11.8. The third-order valence-electron chi connectivity index (χ3n) is 2.53. The Hall–Kier alpha value is -0.590. The van der Waals surface area contributed by atoms with E-state index >= 15 is 0 Å². The Balaban J connectivity index is 4.07. The van der Waals surface area contributed by atoms with Gasteiger partial charge < -0.3 is 0 Å². The quantitative estimate of drug-likeness (QED) is 0.587. The molecule has 0 aromatic carbocycles. The van der Waals surface area contributed by atoms with Crippen LogP contribution in [0.25, 0.3) is 0 Å². The highest BCUT2D eigenvalue weighted by molar-refractivity contribution is 5.85. The number of hydrogen-bond acceptors (Lipinski definition) is 1. The van der Waals surface area contributed by atoms with E-state index in [-0.39, 0.29) is 11.3 Å². The number of rotatable bonds is 6. The second-order valence-electron chi connectivity index (χ2n) is 4.82. The fourth-order valence-corrected chi connectivity index (χ4v) is 1.63. The molecule has 0 N–H and O–H groups in total. The molecule has 0 rings (SSSR count). The summed E-state index contributed by atoms with van der Waals surface area (Å²) in [5, 5.41) is 0. The van der Waals surface area contributed by atoms with Gasteiger partial charge in [0.05, 0.1) is 0 Å². The third-order valence-corrected chi connectivity index (χ3v) is 2.53. The van der Waals surface area contributed by atoms with Crippen molar-refractivity contribution >= 4 is 5.78 Å². The molecule has 0 fully saturated rings. The molecule has 0 saturated heterocycles. The molecule has 0 aliphatic heterocycles. The summed E-state index contributed by atoms with van der Waals surface area (Å²) in [5.41, 5.74) is -0.160. The second-order valence-corrected chi connectivity index (χ2v) is 4.82. The van der Waals surface area contributed by atoms with Crippen molar-refractivity contribution in [2.45, 2.75) is 53.9 Å². The van der Waals surface area contributed by atoms with Crippen LogP contribution in [0.15, 0.2) is 12.2 Å². The van der Waals surface area contributed by atoms with Gasteiger partial charge in [-0.2, -0.15) is 0 Å². The van der Waals surface area contributed by atoms with E-state index in [0.29, 0.717) is 5.78 Å². The summed E-state index contributed by atoms with van der Waals surface area (Å²) in [6.45, 7) is 10.2. The van der Waals surface area contributed by atoms with Gasteiger partial charge in [0.15, 0.2) is 0 Å². The van der Waals surface area contributed by atoms with E-state index in [1.807, 2.05) is 13.8 Å². The molecule has 82 valence electrons. The fourth-order valence-electron chi connectivity index (χ4n) is 1.63. The molecule has 0 unspecified atom stereocenters. The molecular formula is C13H24O. The molecule has 0 heterocycles. The molecule has 0 radical (unpaired) electrons. The summed E-state index contributed by atoms with van der Waals surface area (Å²) in [4.78, 5) is 11.8. The molecule has 1 heteroatoms. The second kappa shape index (κ2) is 6.00. The summed E-state index contributed by atoms with van der Waals surface area (Å²) in [5.74, 6) is 0.530. The monoisotopic (exact) mass is 196 g/mol. The Bertz CT molecular complexity index is 199. The van der Waals surface area contributed by atoms with Crippen LogP contribution in [0, 0.1) is 11.3 Å². The number of Topliss-reactive ketones (excluding diaryl/α,β-unsaturated/α-hetero) is 1. The highest BCUT2D eigenvalue weighted by Crippen LogP contribution is 2.27. The standard InChI is InChI=1S/C13H24O/c1-6-7-8-9-10-13(4,5)12(14)11(2)3/h7-8,11H,6,9-10H2,1-5H3/b8-7-. The van der Waals surface area contributed by atoms with Crippen LogP contribution in [-0.4, -0.2) is 5.78 Å². The molecule has 0 aromatic heterocycles. The first-order chi connectivity index (χ1) is 6.41. The Kier molecular flexibility index (Phi) is 5.75. The van der Waals surface area contributed by atoms with Crippen molar-refractivity contribution in [1.29, 1.82) is 0 Å². The van der Waals surface area contributed by atoms with Gasteiger partial charge in [0.2, 0.25) is 0 Å². The van der Waals surface area contributed by atoms with Crippen LogP contribution in [0.2, 0.25) is 0 Å². The molecule has 0 bridgehead atoms. The third kappa shape index (κ3) is 4.59. The molecule has 0 aromatic rings. The van der Waals surface area contributed by atoms with Crippen LogP contribution >= 0.6 is 0 Å².